The van der Waals surface area contributed by atoms with Gasteiger partial charge >= 0.3 is 6.03 Å². The van der Waals surface area contributed by atoms with Crippen LogP contribution >= 0.6 is 0 Å². The molecule has 4 rings (SSSR count). The van der Waals surface area contributed by atoms with Gasteiger partial charge in [0.05, 0.1) is 5.52 Å². The van der Waals surface area contributed by atoms with Crippen molar-refractivity contribution < 1.29 is 4.79 Å². The molecule has 0 radical (unpaired) electrons. The maximum absolute atomic E-state index is 12.0. The van der Waals surface area contributed by atoms with Gasteiger partial charge in [0.15, 0.2) is 0 Å². The fraction of sp³-hybridized carbons (Fsp3) is 0.333. The summed E-state index contributed by atoms with van der Waals surface area (Å²) in [6.07, 6.45) is 7.17. The van der Waals surface area contributed by atoms with E-state index in [1.165, 1.54) is 19.3 Å². The summed E-state index contributed by atoms with van der Waals surface area (Å²) in [6.45, 7) is 2.67. The van der Waals surface area contributed by atoms with Crippen molar-refractivity contribution >= 4 is 22.8 Å². The van der Waals surface area contributed by atoms with E-state index in [4.69, 9.17) is 0 Å². The summed E-state index contributed by atoms with van der Waals surface area (Å²) in [4.78, 5) is 20.5. The van der Waals surface area contributed by atoms with Crippen LogP contribution in [-0.2, 0) is 0 Å². The number of hydrogen-bond acceptors (Lipinski definition) is 4. The predicted molar refractivity (Wildman–Crippen MR) is 96.2 cm³/mol. The molecular weight excluding hydrogens is 316 g/mol. The molecule has 0 spiro atoms. The average Bonchev–Trinajstić information content (AvgIpc) is 2.96. The van der Waals surface area contributed by atoms with Gasteiger partial charge in [-0.1, -0.05) is 6.42 Å². The standard InChI is InChI=1S/C18H20N6O/c1-11-7-13(5-6-19-11)17-14-10-20-16(8-15(14)23-24-17)22-18(25)21-9-12-3-2-4-12/h5-8,10,12H,2-4,9H2,1H3,(H,23,24)(H2,20,21,22,25). The van der Waals surface area contributed by atoms with E-state index in [0.29, 0.717) is 11.7 Å². The van der Waals surface area contributed by atoms with Crippen molar-refractivity contribution in [3.8, 4) is 11.3 Å². The normalized spacial score (nSPS) is 14.3. The van der Waals surface area contributed by atoms with Crippen LogP contribution in [0.1, 0.15) is 25.0 Å². The molecule has 0 bridgehead atoms. The Hall–Kier alpha value is -2.96. The van der Waals surface area contributed by atoms with Crippen LogP contribution in [0.4, 0.5) is 10.6 Å². The summed E-state index contributed by atoms with van der Waals surface area (Å²) in [7, 11) is 0. The highest BCUT2D eigenvalue weighted by molar-refractivity contribution is 5.95. The number of H-pyrrole nitrogens is 1. The number of aromatic nitrogens is 4. The molecule has 1 saturated carbocycles. The summed E-state index contributed by atoms with van der Waals surface area (Å²) >= 11 is 0. The number of urea groups is 1. The van der Waals surface area contributed by atoms with Crippen LogP contribution in [0.15, 0.2) is 30.6 Å². The van der Waals surface area contributed by atoms with Gasteiger partial charge in [-0.2, -0.15) is 5.10 Å². The lowest BCUT2D eigenvalue weighted by Gasteiger charge is -2.25. The quantitative estimate of drug-likeness (QED) is 0.681. The van der Waals surface area contributed by atoms with E-state index < -0.39 is 0 Å². The summed E-state index contributed by atoms with van der Waals surface area (Å²) in [6, 6.07) is 5.48. The first-order valence-electron chi connectivity index (χ1n) is 8.51. The molecule has 7 heteroatoms. The molecular formula is C18H20N6O. The lowest BCUT2D eigenvalue weighted by molar-refractivity contribution is 0.243. The Morgan fingerprint density at radius 2 is 2.20 bits per heavy atom. The van der Waals surface area contributed by atoms with Crippen LogP contribution in [-0.4, -0.2) is 32.7 Å². The number of nitrogens with zero attached hydrogens (tertiary/aromatic N) is 3. The first-order chi connectivity index (χ1) is 12.2. The van der Waals surface area contributed by atoms with Crippen LogP contribution in [0.2, 0.25) is 0 Å². The molecule has 1 fully saturated rings. The van der Waals surface area contributed by atoms with Gasteiger partial charge < -0.3 is 5.32 Å². The second-order valence-corrected chi connectivity index (χ2v) is 6.51. The van der Waals surface area contributed by atoms with Crippen LogP contribution in [0.3, 0.4) is 0 Å². The Morgan fingerprint density at radius 3 is 2.96 bits per heavy atom. The second kappa shape index (κ2) is 6.51. The zero-order valence-corrected chi connectivity index (χ0v) is 14.0. The molecule has 2 amide bonds. The fourth-order valence-corrected chi connectivity index (χ4v) is 2.99. The van der Waals surface area contributed by atoms with Gasteiger partial charge in [-0.15, -0.1) is 0 Å². The number of anilines is 1. The predicted octanol–water partition coefficient (Wildman–Crippen LogP) is 3.25. The molecule has 0 aromatic carbocycles. The molecule has 0 unspecified atom stereocenters. The molecule has 0 atom stereocenters. The van der Waals surface area contributed by atoms with Crippen LogP contribution in [0, 0.1) is 12.8 Å². The van der Waals surface area contributed by atoms with Crippen molar-refractivity contribution in [2.75, 3.05) is 11.9 Å². The SMILES string of the molecule is Cc1cc(-c2n[nH]c3cc(NC(=O)NCC4CCC4)ncc23)ccn1. The molecule has 128 valence electrons. The van der Waals surface area contributed by atoms with Crippen molar-refractivity contribution in [1.82, 2.24) is 25.5 Å². The maximum Gasteiger partial charge on any atom is 0.320 e. The van der Waals surface area contributed by atoms with Gasteiger partial charge in [0.25, 0.3) is 0 Å². The van der Waals surface area contributed by atoms with Gasteiger partial charge in [0.1, 0.15) is 11.5 Å². The third-order valence-electron chi connectivity index (χ3n) is 4.63. The highest BCUT2D eigenvalue weighted by atomic mass is 16.2. The first-order valence-corrected chi connectivity index (χ1v) is 8.51. The minimum absolute atomic E-state index is 0.219. The van der Waals surface area contributed by atoms with E-state index in [1.807, 2.05) is 19.1 Å². The number of hydrogen-bond donors (Lipinski definition) is 3. The highest BCUT2D eigenvalue weighted by Crippen LogP contribution is 2.27. The minimum atomic E-state index is -0.219. The van der Waals surface area contributed by atoms with Crippen LogP contribution in [0.25, 0.3) is 22.2 Å². The van der Waals surface area contributed by atoms with Crippen molar-refractivity contribution in [3.63, 3.8) is 0 Å². The number of amides is 2. The Morgan fingerprint density at radius 1 is 1.32 bits per heavy atom. The van der Waals surface area contributed by atoms with E-state index in [2.05, 4.69) is 30.8 Å². The van der Waals surface area contributed by atoms with Gasteiger partial charge in [-0.3, -0.25) is 15.4 Å². The Labute approximate surface area is 145 Å². The van der Waals surface area contributed by atoms with E-state index in [1.54, 1.807) is 18.5 Å². The van der Waals surface area contributed by atoms with Crippen LogP contribution < -0.4 is 10.6 Å². The van der Waals surface area contributed by atoms with E-state index in [0.717, 1.165) is 34.4 Å². The molecule has 1 aliphatic rings. The molecule has 0 saturated heterocycles. The zero-order valence-electron chi connectivity index (χ0n) is 14.0. The number of carbonyl (C=O) groups excluding carboxylic acids is 1. The summed E-state index contributed by atoms with van der Waals surface area (Å²) < 4.78 is 0. The maximum atomic E-state index is 12.0. The Kier molecular flexibility index (Phi) is 4.05. The third-order valence-corrected chi connectivity index (χ3v) is 4.63. The summed E-state index contributed by atoms with van der Waals surface area (Å²) in [5.41, 5.74) is 3.57. The summed E-state index contributed by atoms with van der Waals surface area (Å²) in [5, 5.41) is 14.0. The lowest BCUT2D eigenvalue weighted by atomic mass is 9.85. The highest BCUT2D eigenvalue weighted by Gasteiger charge is 2.18. The number of rotatable bonds is 4. The van der Waals surface area contributed by atoms with E-state index in [-0.39, 0.29) is 6.03 Å². The van der Waals surface area contributed by atoms with Gasteiger partial charge in [0.2, 0.25) is 0 Å². The van der Waals surface area contributed by atoms with Gasteiger partial charge in [-0.25, -0.2) is 9.78 Å². The monoisotopic (exact) mass is 336 g/mol. The fourth-order valence-electron chi connectivity index (χ4n) is 2.99. The Bertz CT molecular complexity index is 915. The van der Waals surface area contributed by atoms with Crippen molar-refractivity contribution in [1.29, 1.82) is 0 Å². The van der Waals surface area contributed by atoms with Crippen LogP contribution in [0.5, 0.6) is 0 Å². The zero-order chi connectivity index (χ0) is 17.2. The lowest BCUT2D eigenvalue weighted by Crippen LogP contribution is -2.35. The number of pyridine rings is 2. The molecule has 1 aliphatic carbocycles. The van der Waals surface area contributed by atoms with Crippen molar-refractivity contribution in [2.24, 2.45) is 5.92 Å². The minimum Gasteiger partial charge on any atom is -0.338 e. The molecule has 7 nitrogen and oxygen atoms in total. The first kappa shape index (κ1) is 15.6. The van der Waals surface area contributed by atoms with E-state index >= 15 is 0 Å². The molecule has 3 aromatic rings. The van der Waals surface area contributed by atoms with Gasteiger partial charge in [0, 0.05) is 41.6 Å². The average molecular weight is 336 g/mol. The molecule has 3 N–H and O–H groups in total. The molecule has 25 heavy (non-hydrogen) atoms. The number of nitrogens with one attached hydrogen (secondary N) is 3. The second-order valence-electron chi connectivity index (χ2n) is 6.51. The van der Waals surface area contributed by atoms with Crippen molar-refractivity contribution in [2.45, 2.75) is 26.2 Å². The molecule has 3 heterocycles. The van der Waals surface area contributed by atoms with E-state index in [9.17, 15) is 4.79 Å². The molecule has 3 aromatic heterocycles. The largest absolute Gasteiger partial charge is 0.338 e. The smallest absolute Gasteiger partial charge is 0.320 e. The van der Waals surface area contributed by atoms with Gasteiger partial charge in [-0.05, 0) is 37.8 Å². The number of fused-ring (bicyclic) bond motifs is 1. The molecule has 0 aliphatic heterocycles. The summed E-state index contributed by atoms with van der Waals surface area (Å²) in [5.74, 6) is 1.12. The topological polar surface area (TPSA) is 95.6 Å². The van der Waals surface area contributed by atoms with Crippen molar-refractivity contribution in [3.05, 3.63) is 36.3 Å². The number of aromatic amines is 1. The number of carbonyl (C=O) groups is 1. The Balaban J connectivity index is 1.50. The third kappa shape index (κ3) is 3.31. The number of aryl methyl sites for hydroxylation is 1.